The minimum Gasteiger partial charge on any atom is -0.497 e. The second kappa shape index (κ2) is 14.7. The van der Waals surface area contributed by atoms with Gasteiger partial charge in [0.05, 0.1) is 13.7 Å². The molecule has 1 amide bonds. The quantitative estimate of drug-likeness (QED) is 0.307. The van der Waals surface area contributed by atoms with E-state index in [1.807, 2.05) is 0 Å². The molecule has 0 unspecified atom stereocenters. The van der Waals surface area contributed by atoms with Crippen molar-refractivity contribution in [3.05, 3.63) is 46.8 Å². The Hall–Kier alpha value is -1.94. The van der Waals surface area contributed by atoms with Gasteiger partial charge in [0.25, 0.3) is 15.9 Å². The van der Waals surface area contributed by atoms with Crippen molar-refractivity contribution < 1.29 is 17.9 Å². The minimum atomic E-state index is -3.51. The molecule has 0 aliphatic carbocycles. The van der Waals surface area contributed by atoms with Crippen LogP contribution in [-0.2, 0) is 16.6 Å². The number of methoxy groups -OCH3 is 1. The number of benzene rings is 1. The van der Waals surface area contributed by atoms with Gasteiger partial charge in [-0.25, -0.2) is 8.42 Å². The Morgan fingerprint density at radius 1 is 1.06 bits per heavy atom. The number of sulfonamides is 1. The second-order valence-corrected chi connectivity index (χ2v) is 12.7. The van der Waals surface area contributed by atoms with Crippen molar-refractivity contribution in [2.45, 2.75) is 81.5 Å². The first-order valence-electron chi connectivity index (χ1n) is 13.2. The summed E-state index contributed by atoms with van der Waals surface area (Å²) >= 11 is 1.22. The lowest BCUT2D eigenvalue weighted by molar-refractivity contribution is 0.0951. The van der Waals surface area contributed by atoms with Crippen molar-refractivity contribution >= 4 is 27.3 Å². The summed E-state index contributed by atoms with van der Waals surface area (Å²) < 4.78 is 33.4. The van der Waals surface area contributed by atoms with Gasteiger partial charge in [-0.05, 0) is 56.1 Å². The number of hydrogen-bond donors (Lipinski definition) is 2. The SMILES string of the molecule is CCCCCCCCCNC1CCN(S(=O)(=O)c2ccc(CNC(=O)c3cccc(OC)c3)s2)CC1. The third-order valence-corrected chi connectivity index (χ3v) is 10.1. The fourth-order valence-corrected chi connectivity index (χ4v) is 7.36. The molecule has 0 radical (unpaired) electrons. The molecule has 2 heterocycles. The third kappa shape index (κ3) is 8.57. The summed E-state index contributed by atoms with van der Waals surface area (Å²) in [6.45, 7) is 4.61. The molecule has 36 heavy (non-hydrogen) atoms. The molecule has 1 aromatic heterocycles. The van der Waals surface area contributed by atoms with E-state index in [1.165, 1.54) is 56.3 Å². The van der Waals surface area contributed by atoms with E-state index >= 15 is 0 Å². The molecule has 9 heteroatoms. The number of thiophene rings is 1. The van der Waals surface area contributed by atoms with Gasteiger partial charge in [0, 0.05) is 29.6 Å². The van der Waals surface area contributed by atoms with Crippen LogP contribution < -0.4 is 15.4 Å². The van der Waals surface area contributed by atoms with Gasteiger partial charge in [-0.2, -0.15) is 4.31 Å². The molecular weight excluding hydrogens is 494 g/mol. The highest BCUT2D eigenvalue weighted by atomic mass is 32.2. The van der Waals surface area contributed by atoms with Crippen LogP contribution in [-0.4, -0.2) is 51.4 Å². The lowest BCUT2D eigenvalue weighted by Gasteiger charge is -2.31. The summed E-state index contributed by atoms with van der Waals surface area (Å²) in [7, 11) is -1.95. The van der Waals surface area contributed by atoms with Crippen LogP contribution in [0.1, 0.15) is 79.9 Å². The molecule has 2 N–H and O–H groups in total. The maximum absolute atomic E-state index is 13.2. The normalized spacial score (nSPS) is 15.2. The molecule has 0 spiro atoms. The number of hydrogen-bond acceptors (Lipinski definition) is 6. The Labute approximate surface area is 220 Å². The van der Waals surface area contributed by atoms with Crippen LogP contribution in [0.4, 0.5) is 0 Å². The van der Waals surface area contributed by atoms with Gasteiger partial charge in [0.2, 0.25) is 0 Å². The third-order valence-electron chi connectivity index (χ3n) is 6.65. The fourth-order valence-electron chi connectivity index (χ4n) is 4.44. The highest BCUT2D eigenvalue weighted by molar-refractivity contribution is 7.91. The van der Waals surface area contributed by atoms with Crippen LogP contribution in [0.3, 0.4) is 0 Å². The Kier molecular flexibility index (Phi) is 11.7. The van der Waals surface area contributed by atoms with Gasteiger partial charge in [0.15, 0.2) is 0 Å². The molecule has 200 valence electrons. The molecule has 1 aliphatic rings. The maximum atomic E-state index is 13.2. The summed E-state index contributed by atoms with van der Waals surface area (Å²) in [6, 6.07) is 10.8. The van der Waals surface area contributed by atoms with Crippen molar-refractivity contribution in [3.63, 3.8) is 0 Å². The standard InChI is InChI=1S/C27H41N3O4S2/c1-3-4-5-6-7-8-9-17-28-23-15-18-30(19-16-23)36(32,33)26-14-13-25(35-26)21-29-27(31)22-11-10-12-24(20-22)34-2/h10-14,20,23,28H,3-9,15-19,21H2,1-2H3,(H,29,31). The number of piperidine rings is 1. The molecule has 0 saturated carbocycles. The van der Waals surface area contributed by atoms with Crippen molar-refractivity contribution in [1.82, 2.24) is 14.9 Å². The average Bonchev–Trinajstić information content (AvgIpc) is 3.39. The van der Waals surface area contributed by atoms with E-state index in [0.717, 1.165) is 24.3 Å². The zero-order valence-electron chi connectivity index (χ0n) is 21.6. The number of amides is 1. The molecule has 1 aromatic carbocycles. The first kappa shape index (κ1) is 28.6. The number of ether oxygens (including phenoxy) is 1. The van der Waals surface area contributed by atoms with E-state index in [4.69, 9.17) is 4.74 Å². The maximum Gasteiger partial charge on any atom is 0.252 e. The van der Waals surface area contributed by atoms with Crippen LogP contribution in [0.25, 0.3) is 0 Å². The van der Waals surface area contributed by atoms with Crippen molar-refractivity contribution in [1.29, 1.82) is 0 Å². The van der Waals surface area contributed by atoms with Gasteiger partial charge in [-0.3, -0.25) is 4.79 Å². The Morgan fingerprint density at radius 3 is 2.50 bits per heavy atom. The van der Waals surface area contributed by atoms with E-state index in [2.05, 4.69) is 17.6 Å². The van der Waals surface area contributed by atoms with Gasteiger partial charge in [0.1, 0.15) is 9.96 Å². The van der Waals surface area contributed by atoms with E-state index in [0.29, 0.717) is 34.7 Å². The van der Waals surface area contributed by atoms with Crippen LogP contribution >= 0.6 is 11.3 Å². The number of nitrogens with one attached hydrogen (secondary N) is 2. The monoisotopic (exact) mass is 535 g/mol. The number of unbranched alkanes of at least 4 members (excludes halogenated alkanes) is 6. The van der Waals surface area contributed by atoms with Crippen LogP contribution in [0.5, 0.6) is 5.75 Å². The van der Waals surface area contributed by atoms with Gasteiger partial charge in [-0.1, -0.05) is 51.5 Å². The lowest BCUT2D eigenvalue weighted by Crippen LogP contribution is -2.44. The Bertz CT molecular complexity index is 1050. The highest BCUT2D eigenvalue weighted by Gasteiger charge is 2.30. The molecule has 2 aromatic rings. The van der Waals surface area contributed by atoms with Crippen LogP contribution in [0.15, 0.2) is 40.6 Å². The Balaban J connectivity index is 1.40. The topological polar surface area (TPSA) is 87.7 Å². The average molecular weight is 536 g/mol. The van der Waals surface area contributed by atoms with E-state index in [9.17, 15) is 13.2 Å². The predicted molar refractivity (Wildman–Crippen MR) is 146 cm³/mol. The summed E-state index contributed by atoms with van der Waals surface area (Å²) in [6.07, 6.45) is 10.8. The van der Waals surface area contributed by atoms with Crippen LogP contribution in [0, 0.1) is 0 Å². The van der Waals surface area contributed by atoms with E-state index < -0.39 is 10.0 Å². The van der Waals surface area contributed by atoms with Crippen molar-refractivity contribution in [2.75, 3.05) is 26.7 Å². The predicted octanol–water partition coefficient (Wildman–Crippen LogP) is 5.18. The molecule has 7 nitrogen and oxygen atoms in total. The van der Waals surface area contributed by atoms with Crippen molar-refractivity contribution in [3.8, 4) is 5.75 Å². The molecule has 1 fully saturated rings. The summed E-state index contributed by atoms with van der Waals surface area (Å²) in [5, 5.41) is 6.48. The zero-order valence-corrected chi connectivity index (χ0v) is 23.3. The highest BCUT2D eigenvalue weighted by Crippen LogP contribution is 2.27. The van der Waals surface area contributed by atoms with Gasteiger partial charge >= 0.3 is 0 Å². The molecule has 1 aliphatic heterocycles. The van der Waals surface area contributed by atoms with Crippen LogP contribution in [0.2, 0.25) is 0 Å². The number of rotatable bonds is 15. The minimum absolute atomic E-state index is 0.224. The van der Waals surface area contributed by atoms with E-state index in [1.54, 1.807) is 47.8 Å². The fraction of sp³-hybridized carbons (Fsp3) is 0.593. The van der Waals surface area contributed by atoms with E-state index in [-0.39, 0.29) is 12.5 Å². The molecule has 1 saturated heterocycles. The zero-order chi connectivity index (χ0) is 25.8. The molecule has 0 atom stereocenters. The number of nitrogens with zero attached hydrogens (tertiary/aromatic N) is 1. The largest absolute Gasteiger partial charge is 0.497 e. The number of carbonyl (C=O) groups is 1. The van der Waals surface area contributed by atoms with Crippen molar-refractivity contribution in [2.24, 2.45) is 0 Å². The molecular formula is C27H41N3O4S2. The summed E-state index contributed by atoms with van der Waals surface area (Å²) in [4.78, 5) is 13.2. The lowest BCUT2D eigenvalue weighted by atomic mass is 10.1. The number of carbonyl (C=O) groups excluding carboxylic acids is 1. The van der Waals surface area contributed by atoms with Gasteiger partial charge < -0.3 is 15.4 Å². The summed E-state index contributed by atoms with van der Waals surface area (Å²) in [5.41, 5.74) is 0.502. The molecule has 0 bridgehead atoms. The second-order valence-electron chi connectivity index (χ2n) is 9.39. The van der Waals surface area contributed by atoms with Gasteiger partial charge in [-0.15, -0.1) is 11.3 Å². The first-order chi connectivity index (χ1) is 17.4. The smallest absolute Gasteiger partial charge is 0.252 e. The first-order valence-corrected chi connectivity index (χ1v) is 15.4. The molecule has 3 rings (SSSR count). The Morgan fingerprint density at radius 2 is 1.78 bits per heavy atom. The summed E-state index contributed by atoms with van der Waals surface area (Å²) in [5.74, 6) is 0.390.